The van der Waals surface area contributed by atoms with Gasteiger partial charge < -0.3 is 5.32 Å². The predicted molar refractivity (Wildman–Crippen MR) is 142 cm³/mol. The zero-order chi connectivity index (χ0) is 22.7. The fourth-order valence-corrected chi connectivity index (χ4v) is 5.05. The Morgan fingerprint density at radius 2 is 1.45 bits per heavy atom. The Balaban J connectivity index is 1.50. The molecule has 1 aliphatic rings. The third-order valence-corrected chi connectivity index (χ3v) is 6.98. The summed E-state index contributed by atoms with van der Waals surface area (Å²) < 4.78 is 3.79. The summed E-state index contributed by atoms with van der Waals surface area (Å²) in [5.41, 5.74) is 5.45. The van der Waals surface area contributed by atoms with E-state index in [9.17, 15) is 0 Å². The van der Waals surface area contributed by atoms with Crippen molar-refractivity contribution in [2.45, 2.75) is 49.6 Å². The highest BCUT2D eigenvalue weighted by molar-refractivity contribution is 7.97. The summed E-state index contributed by atoms with van der Waals surface area (Å²) in [4.78, 5) is 1.23. The van der Waals surface area contributed by atoms with Crippen LogP contribution in [0.1, 0.15) is 54.5 Å². The quantitative estimate of drug-likeness (QED) is 0.176. The van der Waals surface area contributed by atoms with E-state index < -0.39 is 0 Å². The summed E-state index contributed by atoms with van der Waals surface area (Å²) in [6.45, 7) is 3.12. The van der Waals surface area contributed by atoms with Crippen molar-refractivity contribution in [3.63, 3.8) is 0 Å². The van der Waals surface area contributed by atoms with Crippen molar-refractivity contribution in [2.75, 3.05) is 6.54 Å². The molecule has 2 N–H and O–H groups in total. The second-order valence-electron chi connectivity index (χ2n) is 8.64. The fourth-order valence-electron chi connectivity index (χ4n) is 4.24. The highest BCUT2D eigenvalue weighted by atomic mass is 32.2. The van der Waals surface area contributed by atoms with Crippen molar-refractivity contribution in [1.29, 1.82) is 0 Å². The van der Waals surface area contributed by atoms with Crippen molar-refractivity contribution < 1.29 is 0 Å². The maximum atomic E-state index is 3.90. The van der Waals surface area contributed by atoms with E-state index >= 15 is 0 Å². The molecule has 4 rings (SSSR count). The Morgan fingerprint density at radius 1 is 0.788 bits per heavy atom. The number of hydrogen-bond acceptors (Lipinski definition) is 3. The molecule has 0 spiro atoms. The molecular formula is C30H34N2S. The zero-order valence-corrected chi connectivity index (χ0v) is 20.2. The third-order valence-electron chi connectivity index (χ3n) is 6.10. The molecule has 170 valence electrons. The molecule has 2 nitrogen and oxygen atoms in total. The molecule has 0 aliphatic heterocycles. The molecule has 3 aromatic rings. The average molecular weight is 455 g/mol. The molecule has 1 aliphatic carbocycles. The maximum absolute atomic E-state index is 3.90. The summed E-state index contributed by atoms with van der Waals surface area (Å²) in [6.07, 6.45) is 11.5. The second kappa shape index (κ2) is 12.6. The maximum Gasteiger partial charge on any atom is 0.0619 e. The minimum atomic E-state index is 0.136. The van der Waals surface area contributed by atoms with Crippen molar-refractivity contribution >= 4 is 11.9 Å². The van der Waals surface area contributed by atoms with Gasteiger partial charge in [-0.15, -0.1) is 0 Å². The van der Waals surface area contributed by atoms with Crippen molar-refractivity contribution in [3.05, 3.63) is 125 Å². The van der Waals surface area contributed by atoms with E-state index in [4.69, 9.17) is 0 Å². The van der Waals surface area contributed by atoms with E-state index in [-0.39, 0.29) is 12.1 Å². The molecule has 0 bridgehead atoms. The molecule has 2 unspecified atom stereocenters. The van der Waals surface area contributed by atoms with Gasteiger partial charge in [0.05, 0.1) is 12.1 Å². The summed E-state index contributed by atoms with van der Waals surface area (Å²) in [5.74, 6) is 0. The van der Waals surface area contributed by atoms with Gasteiger partial charge in [0.2, 0.25) is 0 Å². The van der Waals surface area contributed by atoms with Crippen LogP contribution in [0.4, 0.5) is 0 Å². The second-order valence-corrected chi connectivity index (χ2v) is 9.55. The zero-order valence-electron chi connectivity index (χ0n) is 19.4. The lowest BCUT2D eigenvalue weighted by molar-refractivity contribution is 0.431. The van der Waals surface area contributed by atoms with Crippen LogP contribution in [-0.4, -0.2) is 6.54 Å². The normalized spacial score (nSPS) is 15.1. The van der Waals surface area contributed by atoms with Gasteiger partial charge in [-0.1, -0.05) is 102 Å². The van der Waals surface area contributed by atoms with Crippen LogP contribution >= 0.6 is 11.9 Å². The van der Waals surface area contributed by atoms with E-state index in [1.54, 1.807) is 17.5 Å². The van der Waals surface area contributed by atoms with Gasteiger partial charge in [0.25, 0.3) is 0 Å². The molecule has 3 heteroatoms. The molecule has 0 radical (unpaired) electrons. The van der Waals surface area contributed by atoms with Gasteiger partial charge in [0, 0.05) is 4.90 Å². The first-order valence-corrected chi connectivity index (χ1v) is 12.8. The van der Waals surface area contributed by atoms with Crippen LogP contribution in [0.15, 0.2) is 114 Å². The van der Waals surface area contributed by atoms with Crippen molar-refractivity contribution in [1.82, 2.24) is 10.0 Å². The molecule has 2 atom stereocenters. The molecule has 0 heterocycles. The minimum absolute atomic E-state index is 0.136. The Labute approximate surface area is 203 Å². The fraction of sp³-hybridized carbons (Fsp3) is 0.267. The lowest BCUT2D eigenvalue weighted by atomic mass is 9.93. The smallest absolute Gasteiger partial charge is 0.0619 e. The molecule has 0 amide bonds. The molecule has 3 aromatic carbocycles. The van der Waals surface area contributed by atoms with Crippen LogP contribution < -0.4 is 10.0 Å². The molecular weight excluding hydrogens is 420 g/mol. The van der Waals surface area contributed by atoms with E-state index in [0.717, 1.165) is 25.8 Å². The monoisotopic (exact) mass is 454 g/mol. The Morgan fingerprint density at radius 3 is 2.09 bits per heavy atom. The first-order valence-electron chi connectivity index (χ1n) is 11.9. The third kappa shape index (κ3) is 7.20. The van der Waals surface area contributed by atoms with Crippen molar-refractivity contribution in [2.24, 2.45) is 0 Å². The highest BCUT2D eigenvalue weighted by Crippen LogP contribution is 2.32. The lowest BCUT2D eigenvalue weighted by Crippen LogP contribution is -2.33. The minimum Gasteiger partial charge on any atom is -0.308 e. The molecule has 33 heavy (non-hydrogen) atoms. The van der Waals surface area contributed by atoms with Gasteiger partial charge in [0.1, 0.15) is 0 Å². The van der Waals surface area contributed by atoms with Crippen molar-refractivity contribution in [3.8, 4) is 0 Å². The van der Waals surface area contributed by atoms with Gasteiger partial charge >= 0.3 is 0 Å². The van der Waals surface area contributed by atoms with Crippen LogP contribution in [0.3, 0.4) is 0 Å². The number of hydrogen-bond donors (Lipinski definition) is 2. The summed E-state index contributed by atoms with van der Waals surface area (Å²) >= 11 is 1.71. The number of benzene rings is 3. The van der Waals surface area contributed by atoms with E-state index in [0.29, 0.717) is 0 Å². The van der Waals surface area contributed by atoms with E-state index in [1.165, 1.54) is 28.0 Å². The number of allylic oxidation sites excluding steroid dienone is 4. The Bertz CT molecular complexity index is 1030. The predicted octanol–water partition coefficient (Wildman–Crippen LogP) is 7.72. The highest BCUT2D eigenvalue weighted by Gasteiger charge is 2.24. The first kappa shape index (κ1) is 23.6. The number of nitrogens with one attached hydrogen (secondary N) is 2. The van der Waals surface area contributed by atoms with Crippen LogP contribution in [0.2, 0.25) is 0 Å². The lowest BCUT2D eigenvalue weighted by Gasteiger charge is -2.30. The number of aryl methyl sites for hydroxylation is 1. The summed E-state index contributed by atoms with van der Waals surface area (Å²) in [5, 5.41) is 3.90. The van der Waals surface area contributed by atoms with E-state index in [2.05, 4.69) is 120 Å². The molecule has 0 fully saturated rings. The van der Waals surface area contributed by atoms with E-state index in [1.807, 2.05) is 0 Å². The van der Waals surface area contributed by atoms with Gasteiger partial charge in [-0.05, 0) is 74.4 Å². The number of rotatable bonds is 11. The standard InChI is InChI=1S/C30H34N2S/c1-24-19-21-28(22-20-24)33-32-30(27-17-9-4-10-18-27)29(26-15-7-3-8-16-26)31-23-11-14-25-12-5-2-6-13-25/h2-5,7-10,13,15-22,29-32H,6,11-12,14,23H2,1H3. The molecule has 0 saturated heterocycles. The van der Waals surface area contributed by atoms with Crippen LogP contribution in [0.25, 0.3) is 0 Å². The van der Waals surface area contributed by atoms with Crippen LogP contribution in [0, 0.1) is 6.92 Å². The summed E-state index contributed by atoms with van der Waals surface area (Å²) in [7, 11) is 0. The first-order chi connectivity index (χ1) is 16.3. The Hall–Kier alpha value is -2.59. The van der Waals surface area contributed by atoms with Crippen LogP contribution in [-0.2, 0) is 0 Å². The Kier molecular flexibility index (Phi) is 8.99. The summed E-state index contributed by atoms with van der Waals surface area (Å²) in [6, 6.07) is 30.7. The van der Waals surface area contributed by atoms with Gasteiger partial charge in [-0.3, -0.25) is 4.72 Å². The molecule has 0 saturated carbocycles. The topological polar surface area (TPSA) is 24.1 Å². The largest absolute Gasteiger partial charge is 0.308 e. The van der Waals surface area contributed by atoms with Gasteiger partial charge in [-0.2, -0.15) is 0 Å². The SMILES string of the molecule is Cc1ccc(SNC(c2ccccc2)C(NCCCC2=CCC=CC2)c2ccccc2)cc1. The van der Waals surface area contributed by atoms with Crippen LogP contribution in [0.5, 0.6) is 0 Å². The van der Waals surface area contributed by atoms with Gasteiger partial charge in [-0.25, -0.2) is 0 Å². The molecule has 0 aromatic heterocycles. The average Bonchev–Trinajstić information content (AvgIpc) is 2.88. The van der Waals surface area contributed by atoms with Gasteiger partial charge in [0.15, 0.2) is 0 Å².